The fraction of sp³-hybridized carbons (Fsp3) is 0.235. The Morgan fingerprint density at radius 3 is 2.42 bits per heavy atom. The minimum absolute atomic E-state index is 0.0830. The predicted octanol–water partition coefficient (Wildman–Crippen LogP) is 3.10. The molecule has 0 heterocycles. The van der Waals surface area contributed by atoms with E-state index in [0.717, 1.165) is 17.3 Å². The molecule has 0 unspecified atom stereocenters. The van der Waals surface area contributed by atoms with E-state index in [2.05, 4.69) is 10.5 Å². The predicted molar refractivity (Wildman–Crippen MR) is 101 cm³/mol. The van der Waals surface area contributed by atoms with Crippen molar-refractivity contribution in [3.8, 4) is 0 Å². The van der Waals surface area contributed by atoms with Crippen LogP contribution < -0.4 is 10.6 Å². The lowest BCUT2D eigenvalue weighted by Crippen LogP contribution is -2.13. The van der Waals surface area contributed by atoms with Crippen molar-refractivity contribution in [2.24, 2.45) is 16.2 Å². The summed E-state index contributed by atoms with van der Waals surface area (Å²) in [4.78, 5) is 10.3. The maximum atomic E-state index is 11.4. The molecule has 2 aromatic carbocycles. The zero-order chi connectivity index (χ0) is 19.3. The third-order valence-electron chi connectivity index (χ3n) is 3.51. The summed E-state index contributed by atoms with van der Waals surface area (Å²) in [5.41, 5.74) is 3.99. The molecule has 3 N–H and O–H groups in total. The number of nitrogens with two attached hydrogens (primary N) is 1. The molecule has 0 saturated carbocycles. The van der Waals surface area contributed by atoms with Gasteiger partial charge in [0.25, 0.3) is 5.69 Å². The number of nitro benzene ring substituents is 1. The normalized spacial score (nSPS) is 12.2. The average Bonchev–Trinajstić information content (AvgIpc) is 2.58. The van der Waals surface area contributed by atoms with Gasteiger partial charge in [-0.3, -0.25) is 15.5 Å². The second-order valence-electron chi connectivity index (χ2n) is 6.12. The Hall–Kier alpha value is -2.78. The van der Waals surface area contributed by atoms with Gasteiger partial charge in [-0.2, -0.15) is 5.10 Å². The first-order valence-electron chi connectivity index (χ1n) is 7.87. The van der Waals surface area contributed by atoms with E-state index in [1.165, 1.54) is 12.1 Å². The molecule has 0 saturated heterocycles. The Morgan fingerprint density at radius 1 is 1.23 bits per heavy atom. The summed E-state index contributed by atoms with van der Waals surface area (Å²) in [6.45, 7) is 4.09. The number of nitrogens with one attached hydrogen (secondary N) is 1. The van der Waals surface area contributed by atoms with Gasteiger partial charge >= 0.3 is 0 Å². The number of benzene rings is 2. The van der Waals surface area contributed by atoms with Gasteiger partial charge in [0.15, 0.2) is 0 Å². The van der Waals surface area contributed by atoms with E-state index in [1.54, 1.807) is 0 Å². The Balaban J connectivity index is 2.41. The van der Waals surface area contributed by atoms with Crippen molar-refractivity contribution in [1.29, 1.82) is 0 Å². The van der Waals surface area contributed by atoms with Crippen molar-refractivity contribution < 1.29 is 13.3 Å². The number of nitrogens with zero attached hydrogens (tertiary/aromatic N) is 2. The van der Waals surface area contributed by atoms with E-state index >= 15 is 0 Å². The molecule has 0 amide bonds. The van der Waals surface area contributed by atoms with Gasteiger partial charge in [-0.05, 0) is 30.0 Å². The molecule has 0 atom stereocenters. The van der Waals surface area contributed by atoms with E-state index in [0.29, 0.717) is 12.3 Å². The van der Waals surface area contributed by atoms with Crippen LogP contribution in [0.25, 0.3) is 0 Å². The quantitative estimate of drug-likeness (QED) is 0.436. The number of hydrogen-bond donors (Lipinski definition) is 2. The van der Waals surface area contributed by atoms with Gasteiger partial charge in [-0.15, -0.1) is 0 Å². The van der Waals surface area contributed by atoms with E-state index in [1.807, 2.05) is 44.2 Å². The number of hydrogen-bond acceptors (Lipinski definition) is 6. The third-order valence-corrected chi connectivity index (χ3v) is 4.43. The van der Waals surface area contributed by atoms with Crippen LogP contribution in [0.4, 0.5) is 11.4 Å². The number of nitro groups is 1. The van der Waals surface area contributed by atoms with E-state index in [-0.39, 0.29) is 10.6 Å². The van der Waals surface area contributed by atoms with Crippen LogP contribution in [0.1, 0.15) is 25.8 Å². The van der Waals surface area contributed by atoms with Crippen molar-refractivity contribution in [3.05, 3.63) is 64.2 Å². The standard InChI is InChI=1S/C17H20N4O4S/c1-12(2)10-16(13-6-4-3-5-7-13)20-19-15-9-8-14(26(18,24)25)11-17(15)21(22)23/h3-9,11-12,19H,10H2,1-2H3,(H2,18,24,25)/b20-16-. The Bertz CT molecular complexity index is 925. The fourth-order valence-corrected chi connectivity index (χ4v) is 2.84. The zero-order valence-corrected chi connectivity index (χ0v) is 15.2. The largest absolute Gasteiger partial charge is 0.295 e. The summed E-state index contributed by atoms with van der Waals surface area (Å²) in [5, 5.41) is 20.6. The number of rotatable bonds is 7. The highest BCUT2D eigenvalue weighted by Crippen LogP contribution is 2.27. The van der Waals surface area contributed by atoms with Crippen molar-refractivity contribution in [2.45, 2.75) is 25.2 Å². The summed E-state index contributed by atoms with van der Waals surface area (Å²) in [5.74, 6) is 0.329. The van der Waals surface area contributed by atoms with Crippen molar-refractivity contribution >= 4 is 27.1 Å². The summed E-state index contributed by atoms with van der Waals surface area (Å²) >= 11 is 0. The van der Waals surface area contributed by atoms with Gasteiger partial charge in [0.2, 0.25) is 10.0 Å². The highest BCUT2D eigenvalue weighted by molar-refractivity contribution is 7.89. The first-order chi connectivity index (χ1) is 12.2. The molecule has 0 radical (unpaired) electrons. The second-order valence-corrected chi connectivity index (χ2v) is 7.68. The molecule has 26 heavy (non-hydrogen) atoms. The van der Waals surface area contributed by atoms with Gasteiger partial charge in [-0.1, -0.05) is 44.2 Å². The molecule has 0 aromatic heterocycles. The first-order valence-corrected chi connectivity index (χ1v) is 9.42. The number of hydrazone groups is 1. The van der Waals surface area contributed by atoms with Crippen molar-refractivity contribution in [1.82, 2.24) is 0 Å². The van der Waals surface area contributed by atoms with Gasteiger partial charge in [0.05, 0.1) is 15.5 Å². The smallest absolute Gasteiger partial charge is 0.271 e. The Labute approximate surface area is 151 Å². The molecule has 0 aliphatic heterocycles. The number of anilines is 1. The van der Waals surface area contributed by atoms with Gasteiger partial charge in [-0.25, -0.2) is 13.6 Å². The van der Waals surface area contributed by atoms with Crippen molar-refractivity contribution in [2.75, 3.05) is 5.43 Å². The molecular formula is C17H20N4O4S. The van der Waals surface area contributed by atoms with Gasteiger partial charge in [0.1, 0.15) is 5.69 Å². The second kappa shape index (κ2) is 8.07. The molecule has 0 fully saturated rings. The minimum Gasteiger partial charge on any atom is -0.271 e. The summed E-state index contributed by atoms with van der Waals surface area (Å²) < 4.78 is 22.8. The van der Waals surface area contributed by atoms with E-state index < -0.39 is 20.6 Å². The molecule has 0 aliphatic carbocycles. The third kappa shape index (κ3) is 5.11. The monoisotopic (exact) mass is 376 g/mol. The van der Waals surface area contributed by atoms with E-state index in [4.69, 9.17) is 5.14 Å². The van der Waals surface area contributed by atoms with Crippen LogP contribution in [0.15, 0.2) is 58.5 Å². The average molecular weight is 376 g/mol. The molecule has 138 valence electrons. The zero-order valence-electron chi connectivity index (χ0n) is 14.4. The van der Waals surface area contributed by atoms with Crippen LogP contribution >= 0.6 is 0 Å². The molecule has 2 rings (SSSR count). The van der Waals surface area contributed by atoms with Gasteiger partial charge < -0.3 is 0 Å². The Morgan fingerprint density at radius 2 is 1.88 bits per heavy atom. The SMILES string of the molecule is CC(C)C/C(=N/Nc1ccc(S(N)(=O)=O)cc1[N+](=O)[O-])c1ccccc1. The molecule has 0 aliphatic rings. The molecule has 8 nitrogen and oxygen atoms in total. The lowest BCUT2D eigenvalue weighted by molar-refractivity contribution is -0.384. The maximum Gasteiger partial charge on any atom is 0.295 e. The molecule has 2 aromatic rings. The van der Waals surface area contributed by atoms with Crippen LogP contribution in [0.2, 0.25) is 0 Å². The van der Waals surface area contributed by atoms with Gasteiger partial charge in [0, 0.05) is 6.07 Å². The van der Waals surface area contributed by atoms with Crippen molar-refractivity contribution in [3.63, 3.8) is 0 Å². The number of sulfonamides is 1. The summed E-state index contributed by atoms with van der Waals surface area (Å²) in [6.07, 6.45) is 0.667. The maximum absolute atomic E-state index is 11.4. The molecule has 9 heteroatoms. The Kier molecular flexibility index (Phi) is 6.06. The lowest BCUT2D eigenvalue weighted by Gasteiger charge is -2.11. The minimum atomic E-state index is -4.03. The summed E-state index contributed by atoms with van der Waals surface area (Å²) in [7, 11) is -4.03. The number of primary sulfonamides is 1. The van der Waals surface area contributed by atoms with Crippen LogP contribution in [0, 0.1) is 16.0 Å². The van der Waals surface area contributed by atoms with Crippen LogP contribution in [0.3, 0.4) is 0 Å². The molecule has 0 bridgehead atoms. The fourth-order valence-electron chi connectivity index (χ4n) is 2.31. The van der Waals surface area contributed by atoms with Crippen LogP contribution in [0.5, 0.6) is 0 Å². The highest BCUT2D eigenvalue weighted by Gasteiger charge is 2.19. The first kappa shape index (κ1) is 19.5. The topological polar surface area (TPSA) is 128 Å². The highest BCUT2D eigenvalue weighted by atomic mass is 32.2. The summed E-state index contributed by atoms with van der Waals surface area (Å²) in [6, 6.07) is 12.9. The molecular weight excluding hydrogens is 356 g/mol. The lowest BCUT2D eigenvalue weighted by atomic mass is 10.0. The van der Waals surface area contributed by atoms with Crippen LogP contribution in [-0.2, 0) is 10.0 Å². The van der Waals surface area contributed by atoms with Crippen LogP contribution in [-0.4, -0.2) is 19.1 Å². The van der Waals surface area contributed by atoms with E-state index in [9.17, 15) is 18.5 Å². The molecule has 0 spiro atoms.